The Bertz CT molecular complexity index is 2100. The van der Waals surface area contributed by atoms with Gasteiger partial charge in [-0.15, -0.1) is 10.2 Å². The summed E-state index contributed by atoms with van der Waals surface area (Å²) in [6.45, 7) is -11.3. The van der Waals surface area contributed by atoms with Crippen LogP contribution in [0.15, 0.2) is 48.3 Å². The van der Waals surface area contributed by atoms with E-state index in [1.165, 1.54) is 0 Å². The number of benzene rings is 2. The minimum Gasteiger partial charge on any atom is -0.390 e. The van der Waals surface area contributed by atoms with Crippen molar-refractivity contribution in [2.45, 2.75) is 39.0 Å². The van der Waals surface area contributed by atoms with Gasteiger partial charge in [-0.25, -0.2) is 4.98 Å². The summed E-state index contributed by atoms with van der Waals surface area (Å²) in [5, 5.41) is 13.4. The number of halogens is 1. The first-order chi connectivity index (χ1) is 23.9. The first-order valence-electron chi connectivity index (χ1n) is 19.2. The van der Waals surface area contributed by atoms with Crippen LogP contribution in [0.3, 0.4) is 0 Å². The van der Waals surface area contributed by atoms with E-state index in [9.17, 15) is 0 Å². The van der Waals surface area contributed by atoms with Gasteiger partial charge in [0.15, 0.2) is 5.15 Å². The van der Waals surface area contributed by atoms with Gasteiger partial charge in [0, 0.05) is 30.8 Å². The van der Waals surface area contributed by atoms with E-state index in [4.69, 9.17) is 43.2 Å². The summed E-state index contributed by atoms with van der Waals surface area (Å²) < 4.78 is 190. The van der Waals surface area contributed by atoms with E-state index >= 15 is 0 Å². The number of H-pyrrole nitrogens is 1. The van der Waals surface area contributed by atoms with Crippen molar-refractivity contribution in [2.75, 3.05) is 0 Å². The highest BCUT2D eigenvalue weighted by atomic mass is 35.5. The van der Waals surface area contributed by atoms with Gasteiger partial charge < -0.3 is 9.68 Å². The predicted octanol–water partition coefficient (Wildman–Crippen LogP) is 4.27. The maximum atomic E-state index is 9.06. The second kappa shape index (κ2) is 9.19. The average Bonchev–Trinajstić information content (AvgIpc) is 3.64. The number of aromatic nitrogens is 6. The molecule has 8 heteroatoms. The third-order valence-electron chi connectivity index (χ3n) is 3.50. The fourth-order valence-corrected chi connectivity index (χ4v) is 2.48. The van der Waals surface area contributed by atoms with E-state index in [1.807, 2.05) is 0 Å². The van der Waals surface area contributed by atoms with Crippen molar-refractivity contribution in [1.29, 1.82) is 1.43 Å². The van der Waals surface area contributed by atoms with Crippen LogP contribution in [0.5, 0.6) is 0 Å². The summed E-state index contributed by atoms with van der Waals surface area (Å²) in [5.74, 6) is -2.29. The molecule has 0 aliphatic rings. The molecule has 0 aliphatic heterocycles. The lowest BCUT2D eigenvalue weighted by atomic mass is 9.98. The molecule has 7 nitrogen and oxygen atoms in total. The molecule has 154 valence electrons. The number of nitrogens with zero attached hydrogens (tertiary/aromatic N) is 5. The molecule has 4 aromatic rings. The van der Waals surface area contributed by atoms with E-state index in [-0.39, 0.29) is 9.77 Å². The minimum atomic E-state index is -4.19. The summed E-state index contributed by atoms with van der Waals surface area (Å²) >= 11 is 6.08. The van der Waals surface area contributed by atoms with Crippen LogP contribution >= 0.6 is 11.6 Å². The Morgan fingerprint density at radius 1 is 1.27 bits per heavy atom. The van der Waals surface area contributed by atoms with Crippen molar-refractivity contribution < 1.29 is 35.3 Å². The Hall–Kier alpha value is -3.03. The number of rotatable bonds is 9. The van der Waals surface area contributed by atoms with Crippen LogP contribution in [-0.4, -0.2) is 36.7 Å². The van der Waals surface area contributed by atoms with Gasteiger partial charge in [-0.2, -0.15) is 5.21 Å². The molecule has 0 saturated heterocycles. The SMILES string of the molecule is [2H]OC([2H])([2H])c1c(Cl)nc(C([2H])([2H])C([2H])([2H])C([2H])([2H])C([2H])([2H])[2H])n1C([2H])([2H])c1c([2H])c([2H])c(-c2c([2H])c([2H])c([2H])c([2H])c2-c2nnn([2H])n2)c([2H])c1[2H]. The highest BCUT2D eigenvalue weighted by Crippen LogP contribution is 2.30. The van der Waals surface area contributed by atoms with Crippen molar-refractivity contribution >= 4 is 11.6 Å². The molecular weight excluding hydrogens is 400 g/mol. The number of tetrazole rings is 1. The van der Waals surface area contributed by atoms with Crippen molar-refractivity contribution in [3.8, 4) is 22.5 Å². The summed E-state index contributed by atoms with van der Waals surface area (Å²) in [6, 6.07) is -8.78. The lowest BCUT2D eigenvalue weighted by Gasteiger charge is -2.12. The number of aliphatic hydroxyl groups is 1. The molecule has 0 saturated carbocycles. The fraction of sp³-hybridized carbons (Fsp3) is 0.273. The van der Waals surface area contributed by atoms with Crippen molar-refractivity contribution in [2.24, 2.45) is 0 Å². The number of aryl methyl sites for hydroxylation is 1. The molecule has 0 atom stereocenters. The Balaban J connectivity index is 2.18. The third kappa shape index (κ3) is 4.13. The monoisotopic (exact) mass is 445 g/mol. The zero-order valence-electron chi connectivity index (χ0n) is 37.5. The van der Waals surface area contributed by atoms with Crippen LogP contribution in [0.25, 0.3) is 22.5 Å². The van der Waals surface area contributed by atoms with Gasteiger partial charge in [-0.1, -0.05) is 73.2 Å². The van der Waals surface area contributed by atoms with Crippen molar-refractivity contribution in [1.82, 2.24) is 30.2 Å². The zero-order chi connectivity index (χ0) is 40.9. The van der Waals surface area contributed by atoms with E-state index in [0.717, 1.165) is 0 Å². The minimum absolute atomic E-state index is 0.169. The van der Waals surface area contributed by atoms with Gasteiger partial charge >= 0.3 is 0 Å². The Morgan fingerprint density at radius 2 is 2.10 bits per heavy atom. The summed E-state index contributed by atoms with van der Waals surface area (Å²) in [5.41, 5.74) is -5.10. The Labute approximate surface area is 212 Å². The first-order valence-corrected chi connectivity index (χ1v) is 8.19. The normalized spacial score (nSPS) is 25.0. The van der Waals surface area contributed by atoms with E-state index in [0.29, 0.717) is 0 Å². The van der Waals surface area contributed by atoms with Crippen molar-refractivity contribution in [3.63, 3.8) is 0 Å². The molecule has 0 unspecified atom stereocenters. The maximum Gasteiger partial charge on any atom is 0.216 e. The van der Waals surface area contributed by atoms with Crippen molar-refractivity contribution in [3.05, 3.63) is 70.6 Å². The Kier molecular flexibility index (Phi) is 1.99. The zero-order valence-corrected chi connectivity index (χ0v) is 15.2. The molecule has 0 radical (unpaired) electrons. The van der Waals surface area contributed by atoms with Gasteiger partial charge in [0.05, 0.1) is 28.7 Å². The summed E-state index contributed by atoms with van der Waals surface area (Å²) in [4.78, 5) is 3.49. The topological polar surface area (TPSA) is 92.5 Å². The average molecular weight is 446 g/mol. The Morgan fingerprint density at radius 3 is 2.83 bits per heavy atom. The number of nitrogens with one attached hydrogen (secondary N) is 1. The number of aromatic amines is 1. The van der Waals surface area contributed by atoms with E-state index in [1.54, 1.807) is 0 Å². The first kappa shape index (κ1) is 6.48. The highest BCUT2D eigenvalue weighted by molar-refractivity contribution is 6.30. The molecule has 2 aromatic carbocycles. The van der Waals surface area contributed by atoms with Gasteiger partial charge in [-0.3, -0.25) is 0 Å². The number of hydrogen-bond acceptors (Lipinski definition) is 5. The molecule has 2 heterocycles. The molecule has 0 amide bonds. The molecule has 2 N–H and O–H groups in total. The predicted molar refractivity (Wildman–Crippen MR) is 116 cm³/mol. The van der Waals surface area contributed by atoms with Crippen LogP contribution in [0.4, 0.5) is 0 Å². The smallest absolute Gasteiger partial charge is 0.216 e. The van der Waals surface area contributed by atoms with E-state index < -0.39 is 132 Å². The second-order valence-corrected chi connectivity index (χ2v) is 5.56. The molecule has 30 heavy (non-hydrogen) atoms. The summed E-state index contributed by atoms with van der Waals surface area (Å²) in [6.07, 6.45) is -12.4. The van der Waals surface area contributed by atoms with Crippen LogP contribution in [0.2, 0.25) is 6.56 Å². The van der Waals surface area contributed by atoms with Crippen LogP contribution < -0.4 is 0 Å². The maximum absolute atomic E-state index is 9.06. The lowest BCUT2D eigenvalue weighted by molar-refractivity contribution is 0.271. The molecule has 4 rings (SSSR count). The summed E-state index contributed by atoms with van der Waals surface area (Å²) in [7, 11) is 0. The molecule has 0 bridgehead atoms. The van der Waals surface area contributed by atoms with Crippen LogP contribution in [0.1, 0.15) is 65.5 Å². The lowest BCUT2D eigenvalue weighted by Crippen LogP contribution is -2.09. The van der Waals surface area contributed by atoms with Gasteiger partial charge in [0.1, 0.15) is 5.82 Å². The number of imidazole rings is 1. The molecule has 0 spiro atoms. The largest absolute Gasteiger partial charge is 0.390 e. The highest BCUT2D eigenvalue weighted by Gasteiger charge is 2.16. The standard InChI is InChI=1S/C22H23ClN6O/c1-2-3-8-20-24-21(23)19(14-30)29(20)13-15-9-11-16(12-10-15)17-6-4-5-7-18(17)22-25-27-28-26-22/h4-7,9-12,30H,2-3,8,13-14H2,1H3,(H,25,26,27,28)/i1D3,2D2,3D2,4D,5D,6D,7D,8D2,9D,10D,11D,12D,13D2,14D2,30D/hD. The second-order valence-electron chi connectivity index (χ2n) is 5.20. The molecule has 2 aromatic heterocycles. The molecule has 0 aliphatic carbocycles. The van der Waals surface area contributed by atoms with Gasteiger partial charge in [0.25, 0.3) is 0 Å². The van der Waals surface area contributed by atoms with Crippen LogP contribution in [-0.2, 0) is 19.4 Å². The molecule has 0 fully saturated rings. The van der Waals surface area contributed by atoms with Crippen LogP contribution in [0, 0.1) is 0 Å². The quantitative estimate of drug-likeness (QED) is 0.401. The van der Waals surface area contributed by atoms with E-state index in [2.05, 4.69) is 25.5 Å². The van der Waals surface area contributed by atoms with Gasteiger partial charge in [-0.05, 0) is 28.3 Å². The third-order valence-corrected chi connectivity index (χ3v) is 3.76. The fourth-order valence-electron chi connectivity index (χ4n) is 2.28. The number of hydrogen-bond donors (Lipinski definition) is 2. The van der Waals surface area contributed by atoms with Gasteiger partial charge in [0.2, 0.25) is 8.67 Å². The molecular formula is C22H23ClN6O.